The molecule has 0 bridgehead atoms. The van der Waals surface area contributed by atoms with Gasteiger partial charge in [-0.3, -0.25) is 5.10 Å². The summed E-state index contributed by atoms with van der Waals surface area (Å²) in [6.07, 6.45) is 1.83. The smallest absolute Gasteiger partial charge is 0.0651 e. The minimum absolute atomic E-state index is 0.787. The van der Waals surface area contributed by atoms with E-state index >= 15 is 0 Å². The molecule has 3 aromatic rings. The summed E-state index contributed by atoms with van der Waals surface area (Å²) in [4.78, 5) is 0. The molecule has 0 aliphatic rings. The molecule has 0 spiro atoms. The van der Waals surface area contributed by atoms with E-state index in [1.807, 2.05) is 18.3 Å². The summed E-state index contributed by atoms with van der Waals surface area (Å²) < 4.78 is 2.13. The number of aromatic nitrogens is 2. The van der Waals surface area contributed by atoms with Crippen molar-refractivity contribution in [1.29, 1.82) is 0 Å². The van der Waals surface area contributed by atoms with Gasteiger partial charge in [-0.25, -0.2) is 0 Å². The van der Waals surface area contributed by atoms with Gasteiger partial charge in [-0.05, 0) is 67.8 Å². The van der Waals surface area contributed by atoms with Crippen LogP contribution in [0, 0.1) is 0 Å². The maximum atomic E-state index is 4.02. The van der Waals surface area contributed by atoms with Crippen molar-refractivity contribution in [2.45, 2.75) is 6.54 Å². The molecule has 96 valence electrons. The first-order chi connectivity index (χ1) is 9.22. The molecular formula is C14H11Br2N3. The molecule has 2 aromatic carbocycles. The highest BCUT2D eigenvalue weighted by Crippen LogP contribution is 2.24. The molecule has 0 saturated heterocycles. The Hall–Kier alpha value is -1.33. The highest BCUT2D eigenvalue weighted by atomic mass is 79.9. The lowest BCUT2D eigenvalue weighted by Crippen LogP contribution is -1.99. The molecule has 0 fully saturated rings. The number of rotatable bonds is 3. The minimum Gasteiger partial charge on any atom is -0.381 e. The minimum atomic E-state index is 0.787. The number of hydrogen-bond donors (Lipinski definition) is 2. The number of anilines is 1. The Bertz CT molecular complexity index is 722. The summed E-state index contributed by atoms with van der Waals surface area (Å²) in [5.41, 5.74) is 3.37. The fourth-order valence-electron chi connectivity index (χ4n) is 1.91. The van der Waals surface area contributed by atoms with Gasteiger partial charge in [0, 0.05) is 26.6 Å². The summed E-state index contributed by atoms with van der Waals surface area (Å²) in [7, 11) is 0. The average Bonchev–Trinajstić information content (AvgIpc) is 2.87. The Kier molecular flexibility index (Phi) is 3.57. The van der Waals surface area contributed by atoms with Gasteiger partial charge in [0.25, 0.3) is 0 Å². The van der Waals surface area contributed by atoms with Gasteiger partial charge in [-0.2, -0.15) is 5.10 Å². The van der Waals surface area contributed by atoms with Crippen molar-refractivity contribution in [2.24, 2.45) is 0 Å². The Morgan fingerprint density at radius 3 is 2.79 bits per heavy atom. The Morgan fingerprint density at radius 1 is 1.05 bits per heavy atom. The molecule has 3 nitrogen and oxygen atoms in total. The van der Waals surface area contributed by atoms with E-state index in [9.17, 15) is 0 Å². The van der Waals surface area contributed by atoms with Crippen molar-refractivity contribution < 1.29 is 0 Å². The number of nitrogens with one attached hydrogen (secondary N) is 2. The number of hydrogen-bond acceptors (Lipinski definition) is 2. The van der Waals surface area contributed by atoms with Crippen molar-refractivity contribution in [3.63, 3.8) is 0 Å². The molecule has 1 aromatic heterocycles. The van der Waals surface area contributed by atoms with Crippen molar-refractivity contribution in [2.75, 3.05) is 5.32 Å². The quantitative estimate of drug-likeness (QED) is 0.691. The van der Waals surface area contributed by atoms with Gasteiger partial charge in [0.2, 0.25) is 0 Å². The van der Waals surface area contributed by atoms with E-state index in [0.717, 1.165) is 32.1 Å². The van der Waals surface area contributed by atoms with Crippen molar-refractivity contribution in [1.82, 2.24) is 10.2 Å². The van der Waals surface area contributed by atoms with Crippen molar-refractivity contribution in [3.05, 3.63) is 57.1 Å². The molecule has 0 atom stereocenters. The van der Waals surface area contributed by atoms with E-state index in [-0.39, 0.29) is 0 Å². The fourth-order valence-corrected chi connectivity index (χ4v) is 2.58. The monoisotopic (exact) mass is 379 g/mol. The maximum Gasteiger partial charge on any atom is 0.0651 e. The third-order valence-corrected chi connectivity index (χ3v) is 4.80. The molecule has 0 unspecified atom stereocenters. The lowest BCUT2D eigenvalue weighted by molar-refractivity contribution is 1.12. The molecule has 2 N–H and O–H groups in total. The van der Waals surface area contributed by atoms with Gasteiger partial charge in [0.1, 0.15) is 0 Å². The summed E-state index contributed by atoms with van der Waals surface area (Å²) >= 11 is 6.98. The van der Waals surface area contributed by atoms with Gasteiger partial charge in [0.15, 0.2) is 0 Å². The van der Waals surface area contributed by atoms with Gasteiger partial charge >= 0.3 is 0 Å². The van der Waals surface area contributed by atoms with E-state index in [1.165, 1.54) is 5.56 Å². The second-order valence-corrected chi connectivity index (χ2v) is 5.98. The number of fused-ring (bicyclic) bond motifs is 1. The highest BCUT2D eigenvalue weighted by Gasteiger charge is 2.00. The van der Waals surface area contributed by atoms with Gasteiger partial charge in [-0.1, -0.05) is 6.07 Å². The fraction of sp³-hybridized carbons (Fsp3) is 0.0714. The molecule has 3 rings (SSSR count). The zero-order chi connectivity index (χ0) is 13.2. The van der Waals surface area contributed by atoms with Crippen LogP contribution >= 0.6 is 31.9 Å². The van der Waals surface area contributed by atoms with Crippen LogP contribution in [-0.2, 0) is 6.54 Å². The number of H-pyrrole nitrogens is 1. The van der Waals surface area contributed by atoms with E-state index in [1.54, 1.807) is 0 Å². The molecule has 0 saturated carbocycles. The number of halogens is 2. The summed E-state index contributed by atoms with van der Waals surface area (Å²) in [5.74, 6) is 0. The van der Waals surface area contributed by atoms with Gasteiger partial charge < -0.3 is 5.32 Å². The van der Waals surface area contributed by atoms with Crippen LogP contribution in [0.15, 0.2) is 51.5 Å². The first-order valence-corrected chi connectivity index (χ1v) is 7.42. The number of nitrogens with zero attached hydrogens (tertiary/aromatic N) is 1. The summed E-state index contributed by atoms with van der Waals surface area (Å²) in [5, 5.41) is 11.5. The van der Waals surface area contributed by atoms with Crippen LogP contribution in [0.3, 0.4) is 0 Å². The second-order valence-electron chi connectivity index (χ2n) is 4.27. The summed E-state index contributed by atoms with van der Waals surface area (Å²) in [6, 6.07) is 12.4. The molecule has 0 aliphatic carbocycles. The lowest BCUT2D eigenvalue weighted by Gasteiger charge is -2.07. The number of benzene rings is 2. The molecule has 0 aliphatic heterocycles. The van der Waals surface area contributed by atoms with Crippen LogP contribution in [0.5, 0.6) is 0 Å². The zero-order valence-corrected chi connectivity index (χ0v) is 13.1. The van der Waals surface area contributed by atoms with Crippen molar-refractivity contribution in [3.8, 4) is 0 Å². The lowest BCUT2D eigenvalue weighted by atomic mass is 10.2. The highest BCUT2D eigenvalue weighted by molar-refractivity contribution is 9.13. The predicted molar refractivity (Wildman–Crippen MR) is 85.3 cm³/mol. The normalized spacial score (nSPS) is 10.8. The Morgan fingerprint density at radius 2 is 1.95 bits per heavy atom. The van der Waals surface area contributed by atoms with Crippen LogP contribution in [0.25, 0.3) is 10.9 Å². The first kappa shape index (κ1) is 12.7. The molecule has 0 amide bonds. The first-order valence-electron chi connectivity index (χ1n) is 5.83. The molecule has 1 heterocycles. The second kappa shape index (κ2) is 5.35. The van der Waals surface area contributed by atoms with E-state index in [4.69, 9.17) is 0 Å². The number of aromatic amines is 1. The zero-order valence-electron chi connectivity index (χ0n) is 9.95. The molecule has 19 heavy (non-hydrogen) atoms. The van der Waals surface area contributed by atoms with E-state index < -0.39 is 0 Å². The third-order valence-electron chi connectivity index (χ3n) is 2.92. The Labute approximate surface area is 127 Å². The standard InChI is InChI=1S/C14H11Br2N3/c15-12-3-1-9(5-13(12)16)7-17-11-2-4-14-10(6-11)8-18-19-14/h1-6,8,17H,7H2,(H,18,19). The maximum absolute atomic E-state index is 4.02. The molecule has 0 radical (unpaired) electrons. The van der Waals surface area contributed by atoms with Crippen molar-refractivity contribution >= 4 is 48.5 Å². The van der Waals surface area contributed by atoms with Crippen LogP contribution in [0.4, 0.5) is 5.69 Å². The average molecular weight is 381 g/mol. The van der Waals surface area contributed by atoms with Crippen LogP contribution in [-0.4, -0.2) is 10.2 Å². The predicted octanol–water partition coefficient (Wildman–Crippen LogP) is 4.70. The van der Waals surface area contributed by atoms with E-state index in [2.05, 4.69) is 71.6 Å². The topological polar surface area (TPSA) is 40.7 Å². The Balaban J connectivity index is 1.75. The third kappa shape index (κ3) is 2.82. The van der Waals surface area contributed by atoms with Gasteiger partial charge in [-0.15, -0.1) is 0 Å². The largest absolute Gasteiger partial charge is 0.381 e. The van der Waals surface area contributed by atoms with Crippen LogP contribution in [0.2, 0.25) is 0 Å². The van der Waals surface area contributed by atoms with Gasteiger partial charge in [0.05, 0.1) is 11.7 Å². The summed E-state index contributed by atoms with van der Waals surface area (Å²) in [6.45, 7) is 0.787. The van der Waals surface area contributed by atoms with Crippen LogP contribution in [0.1, 0.15) is 5.56 Å². The molecular weight excluding hydrogens is 370 g/mol. The van der Waals surface area contributed by atoms with E-state index in [0.29, 0.717) is 0 Å². The SMILES string of the molecule is Brc1ccc(CNc2ccc3[nH]ncc3c2)cc1Br. The van der Waals surface area contributed by atoms with Crippen LogP contribution < -0.4 is 5.32 Å². The molecule has 5 heteroatoms.